The number of halogens is 2. The van der Waals surface area contributed by atoms with E-state index >= 15 is 0 Å². The van der Waals surface area contributed by atoms with E-state index in [-0.39, 0.29) is 24.8 Å². The number of hydrogen-bond donors (Lipinski definition) is 1. The molecule has 0 spiro atoms. The zero-order chi connectivity index (χ0) is 16.9. The van der Waals surface area contributed by atoms with Crippen molar-refractivity contribution >= 4 is 42.4 Å². The zero-order valence-electron chi connectivity index (χ0n) is 15.2. The van der Waals surface area contributed by atoms with Gasteiger partial charge in [-0.2, -0.15) is 0 Å². The molecule has 1 N–H and O–H groups in total. The van der Waals surface area contributed by atoms with Gasteiger partial charge >= 0.3 is 0 Å². The third-order valence-corrected chi connectivity index (χ3v) is 5.73. The summed E-state index contributed by atoms with van der Waals surface area (Å²) < 4.78 is 5.88. The fourth-order valence-electron chi connectivity index (χ4n) is 3.25. The first-order valence-corrected chi connectivity index (χ1v) is 9.98. The van der Waals surface area contributed by atoms with Crippen molar-refractivity contribution in [1.29, 1.82) is 0 Å². The molecule has 0 unspecified atom stereocenters. The Balaban J connectivity index is 0.00000131. The lowest BCUT2D eigenvalue weighted by molar-refractivity contribution is 0.101. The highest BCUT2D eigenvalue weighted by molar-refractivity contribution is 7.99. The van der Waals surface area contributed by atoms with E-state index in [2.05, 4.69) is 22.3 Å². The molecule has 0 saturated carbocycles. The van der Waals surface area contributed by atoms with Crippen molar-refractivity contribution in [3.8, 4) is 0 Å². The van der Waals surface area contributed by atoms with Gasteiger partial charge < -0.3 is 15.0 Å². The lowest BCUT2D eigenvalue weighted by Gasteiger charge is -2.31. The number of benzene rings is 1. The van der Waals surface area contributed by atoms with Crippen LogP contribution in [0.4, 0.5) is 5.82 Å². The molecule has 1 saturated heterocycles. The molecule has 5 nitrogen and oxygen atoms in total. The summed E-state index contributed by atoms with van der Waals surface area (Å²) in [5.74, 6) is 3.10. The van der Waals surface area contributed by atoms with Crippen LogP contribution < -0.4 is 10.2 Å². The Labute approximate surface area is 177 Å². The van der Waals surface area contributed by atoms with Crippen LogP contribution in [-0.2, 0) is 24.4 Å². The molecular formula is C19H26Cl2N4OS. The predicted octanol–water partition coefficient (Wildman–Crippen LogP) is 3.48. The summed E-state index contributed by atoms with van der Waals surface area (Å²) in [7, 11) is 0. The maximum atomic E-state index is 5.88. The van der Waals surface area contributed by atoms with E-state index < -0.39 is 0 Å². The highest BCUT2D eigenvalue weighted by atomic mass is 35.5. The van der Waals surface area contributed by atoms with Crippen LogP contribution in [0.5, 0.6) is 0 Å². The number of aryl methyl sites for hydroxylation is 1. The Morgan fingerprint density at radius 2 is 1.81 bits per heavy atom. The van der Waals surface area contributed by atoms with Gasteiger partial charge in [-0.3, -0.25) is 0 Å². The van der Waals surface area contributed by atoms with E-state index in [1.807, 2.05) is 30.0 Å². The molecule has 2 aliphatic heterocycles. The van der Waals surface area contributed by atoms with Crippen LogP contribution in [-0.4, -0.2) is 41.9 Å². The zero-order valence-corrected chi connectivity index (χ0v) is 17.7. The van der Waals surface area contributed by atoms with Crippen molar-refractivity contribution in [2.24, 2.45) is 0 Å². The first-order valence-electron chi connectivity index (χ1n) is 9.00. The van der Waals surface area contributed by atoms with Gasteiger partial charge in [0.25, 0.3) is 0 Å². The third kappa shape index (κ3) is 5.72. The number of fused-ring (bicyclic) bond motifs is 1. The second kappa shape index (κ2) is 11.1. The van der Waals surface area contributed by atoms with Gasteiger partial charge in [-0.1, -0.05) is 30.3 Å². The number of piperazine rings is 1. The van der Waals surface area contributed by atoms with Gasteiger partial charge in [0.1, 0.15) is 12.4 Å². The SMILES string of the molecule is Cl.Cl.c1ccc(COCc2nc3c(c(N4CCNCC4)n2)SCCC3)cc1. The molecule has 0 atom stereocenters. The number of nitrogens with one attached hydrogen (secondary N) is 1. The summed E-state index contributed by atoms with van der Waals surface area (Å²) in [5, 5.41) is 3.42. The van der Waals surface area contributed by atoms with Gasteiger partial charge in [-0.15, -0.1) is 36.6 Å². The summed E-state index contributed by atoms with van der Waals surface area (Å²) in [6.45, 7) is 5.11. The van der Waals surface area contributed by atoms with Crippen LogP contribution in [0.15, 0.2) is 35.2 Å². The summed E-state index contributed by atoms with van der Waals surface area (Å²) in [4.78, 5) is 13.4. The molecule has 0 radical (unpaired) electrons. The molecule has 1 fully saturated rings. The molecule has 2 aromatic rings. The molecule has 1 aromatic carbocycles. The molecule has 0 aliphatic carbocycles. The monoisotopic (exact) mass is 428 g/mol. The lowest BCUT2D eigenvalue weighted by Crippen LogP contribution is -2.44. The minimum Gasteiger partial charge on any atom is -0.369 e. The van der Waals surface area contributed by atoms with Gasteiger partial charge in [0.15, 0.2) is 5.82 Å². The molecule has 2 aliphatic rings. The molecule has 4 rings (SSSR count). The van der Waals surface area contributed by atoms with Crippen molar-refractivity contribution in [2.45, 2.75) is 31.0 Å². The predicted molar refractivity (Wildman–Crippen MR) is 116 cm³/mol. The Bertz CT molecular complexity index is 714. The minimum atomic E-state index is 0. The van der Waals surface area contributed by atoms with E-state index in [0.717, 1.165) is 44.2 Å². The maximum absolute atomic E-state index is 5.88. The first-order chi connectivity index (χ1) is 12.4. The lowest BCUT2D eigenvalue weighted by atomic mass is 10.2. The second-order valence-electron chi connectivity index (χ2n) is 6.41. The number of thioether (sulfide) groups is 1. The number of ether oxygens (including phenoxy) is 1. The topological polar surface area (TPSA) is 50.3 Å². The van der Waals surface area contributed by atoms with E-state index in [9.17, 15) is 0 Å². The normalized spacial score (nSPS) is 16.1. The van der Waals surface area contributed by atoms with Crippen LogP contribution in [0.2, 0.25) is 0 Å². The van der Waals surface area contributed by atoms with Crippen LogP contribution >= 0.6 is 36.6 Å². The van der Waals surface area contributed by atoms with Gasteiger partial charge in [-0.25, -0.2) is 9.97 Å². The van der Waals surface area contributed by atoms with E-state index in [1.54, 1.807) is 0 Å². The second-order valence-corrected chi connectivity index (χ2v) is 7.51. The highest BCUT2D eigenvalue weighted by Gasteiger charge is 2.23. The summed E-state index contributed by atoms with van der Waals surface area (Å²) in [5.41, 5.74) is 2.39. The van der Waals surface area contributed by atoms with Gasteiger partial charge in [0, 0.05) is 26.2 Å². The van der Waals surface area contributed by atoms with Crippen molar-refractivity contribution in [1.82, 2.24) is 15.3 Å². The van der Waals surface area contributed by atoms with Gasteiger partial charge in [-0.05, 0) is 24.2 Å². The molecule has 1 aromatic heterocycles. The Morgan fingerprint density at radius 3 is 2.59 bits per heavy atom. The fourth-order valence-corrected chi connectivity index (χ4v) is 4.37. The molecule has 0 bridgehead atoms. The Morgan fingerprint density at radius 1 is 1.04 bits per heavy atom. The van der Waals surface area contributed by atoms with Crippen molar-refractivity contribution in [3.63, 3.8) is 0 Å². The van der Waals surface area contributed by atoms with Crippen LogP contribution in [0, 0.1) is 0 Å². The molecule has 27 heavy (non-hydrogen) atoms. The van der Waals surface area contributed by atoms with Crippen LogP contribution in [0.25, 0.3) is 0 Å². The Hall–Kier alpha value is -1.05. The Kier molecular flexibility index (Phi) is 9.12. The van der Waals surface area contributed by atoms with Gasteiger partial charge in [0.05, 0.1) is 17.2 Å². The molecule has 3 heterocycles. The fraction of sp³-hybridized carbons (Fsp3) is 0.474. The molecule has 148 valence electrons. The van der Waals surface area contributed by atoms with Crippen molar-refractivity contribution in [3.05, 3.63) is 47.4 Å². The standard InChI is InChI=1S/C19H24N4OS.2ClH/c1-2-5-15(6-3-1)13-24-14-17-21-16-7-4-12-25-18(16)19(22-17)23-10-8-20-9-11-23;;/h1-3,5-6,20H,4,7-14H2;2*1H. The third-order valence-electron chi connectivity index (χ3n) is 4.53. The maximum Gasteiger partial charge on any atom is 0.156 e. The number of aromatic nitrogens is 2. The van der Waals surface area contributed by atoms with Crippen molar-refractivity contribution < 1.29 is 4.74 Å². The highest BCUT2D eigenvalue weighted by Crippen LogP contribution is 2.36. The van der Waals surface area contributed by atoms with Crippen molar-refractivity contribution in [2.75, 3.05) is 36.8 Å². The van der Waals surface area contributed by atoms with Crippen LogP contribution in [0.1, 0.15) is 23.5 Å². The summed E-state index contributed by atoms with van der Waals surface area (Å²) in [6.07, 6.45) is 2.25. The minimum absolute atomic E-state index is 0. The van der Waals surface area contributed by atoms with Crippen LogP contribution in [0.3, 0.4) is 0 Å². The molecular weight excluding hydrogens is 403 g/mol. The average molecular weight is 429 g/mol. The van der Waals surface area contributed by atoms with E-state index in [1.165, 1.54) is 28.3 Å². The number of hydrogen-bond acceptors (Lipinski definition) is 6. The van der Waals surface area contributed by atoms with Gasteiger partial charge in [0.2, 0.25) is 0 Å². The smallest absolute Gasteiger partial charge is 0.156 e. The number of nitrogens with zero attached hydrogens (tertiary/aromatic N) is 3. The summed E-state index contributed by atoms with van der Waals surface area (Å²) >= 11 is 1.91. The summed E-state index contributed by atoms with van der Waals surface area (Å²) in [6, 6.07) is 10.3. The average Bonchev–Trinajstić information content (AvgIpc) is 2.69. The quantitative estimate of drug-likeness (QED) is 0.786. The largest absolute Gasteiger partial charge is 0.369 e. The first kappa shape index (κ1) is 22.2. The number of anilines is 1. The number of rotatable bonds is 5. The molecule has 0 amide bonds. The van der Waals surface area contributed by atoms with E-state index in [4.69, 9.17) is 14.7 Å². The van der Waals surface area contributed by atoms with E-state index in [0.29, 0.717) is 13.2 Å². The molecule has 8 heteroatoms.